The average molecular weight is 138 g/mol. The van der Waals surface area contributed by atoms with Crippen molar-refractivity contribution in [3.63, 3.8) is 0 Å². The summed E-state index contributed by atoms with van der Waals surface area (Å²) in [6, 6.07) is 0. The van der Waals surface area contributed by atoms with E-state index in [2.05, 4.69) is 20.8 Å². The van der Waals surface area contributed by atoms with Gasteiger partial charge in [0.15, 0.2) is 0 Å². The maximum Gasteiger partial charge on any atom is 0.134 e. The summed E-state index contributed by atoms with van der Waals surface area (Å²) in [6.07, 6.45) is 5.01. The van der Waals surface area contributed by atoms with Crippen LogP contribution >= 0.6 is 0 Å². The number of hydrazone groups is 1. The lowest BCUT2D eigenvalue weighted by Crippen LogP contribution is -2.34. The molecule has 2 rings (SSSR count). The molecular weight excluding hydrogens is 132 g/mol. The van der Waals surface area contributed by atoms with Crippen LogP contribution in [-0.2, 0) is 0 Å². The Labute approximate surface area is 57.1 Å². The SMILES string of the molecule is C1=NNCN1n1ccnn1. The summed E-state index contributed by atoms with van der Waals surface area (Å²) >= 11 is 0. The first-order valence-corrected chi connectivity index (χ1v) is 2.86. The molecule has 0 saturated carbocycles. The van der Waals surface area contributed by atoms with Crippen molar-refractivity contribution >= 4 is 6.34 Å². The molecule has 6 nitrogen and oxygen atoms in total. The van der Waals surface area contributed by atoms with E-state index in [0.717, 1.165) is 0 Å². The van der Waals surface area contributed by atoms with Gasteiger partial charge in [-0.25, -0.2) is 5.01 Å². The molecule has 0 aliphatic carbocycles. The number of nitrogens with zero attached hydrogens (tertiary/aromatic N) is 5. The second kappa shape index (κ2) is 1.98. The minimum absolute atomic E-state index is 0.642. The molecule has 0 spiro atoms. The molecule has 0 radical (unpaired) electrons. The summed E-state index contributed by atoms with van der Waals surface area (Å²) in [5.74, 6) is 0. The first-order valence-electron chi connectivity index (χ1n) is 2.86. The Bertz CT molecular complexity index is 226. The molecule has 10 heavy (non-hydrogen) atoms. The van der Waals surface area contributed by atoms with Crippen molar-refractivity contribution in [1.29, 1.82) is 0 Å². The van der Waals surface area contributed by atoms with Gasteiger partial charge in [0.05, 0.1) is 12.4 Å². The van der Waals surface area contributed by atoms with E-state index in [9.17, 15) is 0 Å². The molecule has 0 bridgehead atoms. The number of rotatable bonds is 1. The summed E-state index contributed by atoms with van der Waals surface area (Å²) < 4.78 is 0. The van der Waals surface area contributed by atoms with Gasteiger partial charge in [0.2, 0.25) is 0 Å². The zero-order valence-electron chi connectivity index (χ0n) is 5.18. The Kier molecular flexibility index (Phi) is 1.03. The van der Waals surface area contributed by atoms with Crippen LogP contribution in [0.25, 0.3) is 0 Å². The Morgan fingerprint density at radius 3 is 3.10 bits per heavy atom. The maximum absolute atomic E-state index is 3.78. The molecule has 0 saturated heterocycles. The zero-order valence-corrected chi connectivity index (χ0v) is 5.18. The van der Waals surface area contributed by atoms with Crippen LogP contribution in [0.4, 0.5) is 0 Å². The van der Waals surface area contributed by atoms with E-state index in [4.69, 9.17) is 0 Å². The molecule has 6 heteroatoms. The second-order valence-corrected chi connectivity index (χ2v) is 1.82. The van der Waals surface area contributed by atoms with Gasteiger partial charge in [-0.1, -0.05) is 0 Å². The highest BCUT2D eigenvalue weighted by molar-refractivity contribution is 5.67. The molecule has 1 aromatic heterocycles. The van der Waals surface area contributed by atoms with Gasteiger partial charge < -0.3 is 0 Å². The summed E-state index contributed by atoms with van der Waals surface area (Å²) in [4.78, 5) is 1.60. The Morgan fingerprint density at radius 1 is 1.50 bits per heavy atom. The van der Waals surface area contributed by atoms with E-state index in [1.807, 2.05) is 0 Å². The van der Waals surface area contributed by atoms with Crippen LogP contribution in [-0.4, -0.2) is 28.1 Å². The number of aromatic nitrogens is 3. The topological polar surface area (TPSA) is 58.3 Å². The quantitative estimate of drug-likeness (QED) is 0.525. The van der Waals surface area contributed by atoms with Crippen molar-refractivity contribution in [3.8, 4) is 0 Å². The molecule has 1 aliphatic heterocycles. The third-order valence-electron chi connectivity index (χ3n) is 1.19. The molecule has 0 aromatic carbocycles. The Balaban J connectivity index is 2.20. The van der Waals surface area contributed by atoms with Gasteiger partial charge in [-0.05, 0) is 5.21 Å². The molecule has 1 aliphatic rings. The molecule has 0 fully saturated rings. The van der Waals surface area contributed by atoms with Crippen LogP contribution < -0.4 is 10.4 Å². The standard InChI is InChI=1S/C4H6N6/c1-2-10(8-5-1)9-3-6-7-4-9/h1-3,7H,4H2. The molecule has 0 unspecified atom stereocenters. The van der Waals surface area contributed by atoms with Crippen LogP contribution in [0.3, 0.4) is 0 Å². The van der Waals surface area contributed by atoms with E-state index in [1.165, 1.54) is 0 Å². The summed E-state index contributed by atoms with van der Waals surface area (Å²) in [7, 11) is 0. The first kappa shape index (κ1) is 5.21. The van der Waals surface area contributed by atoms with Crippen molar-refractivity contribution in [2.75, 3.05) is 11.7 Å². The number of hydrogen-bond acceptors (Lipinski definition) is 5. The van der Waals surface area contributed by atoms with Gasteiger partial charge >= 0.3 is 0 Å². The van der Waals surface area contributed by atoms with Crippen molar-refractivity contribution in [2.45, 2.75) is 0 Å². The lowest BCUT2D eigenvalue weighted by Gasteiger charge is -2.09. The van der Waals surface area contributed by atoms with Gasteiger partial charge in [0.25, 0.3) is 0 Å². The highest BCUT2D eigenvalue weighted by Crippen LogP contribution is 1.86. The van der Waals surface area contributed by atoms with E-state index >= 15 is 0 Å². The monoisotopic (exact) mass is 138 g/mol. The Hall–Kier alpha value is -1.59. The van der Waals surface area contributed by atoms with Gasteiger partial charge in [0, 0.05) is 0 Å². The van der Waals surface area contributed by atoms with Crippen LogP contribution in [0.15, 0.2) is 17.5 Å². The Morgan fingerprint density at radius 2 is 2.50 bits per heavy atom. The van der Waals surface area contributed by atoms with E-state index in [1.54, 1.807) is 28.5 Å². The van der Waals surface area contributed by atoms with Crippen molar-refractivity contribution < 1.29 is 0 Å². The zero-order chi connectivity index (χ0) is 6.81. The van der Waals surface area contributed by atoms with Crippen LogP contribution in [0.2, 0.25) is 0 Å². The molecule has 0 amide bonds. The summed E-state index contributed by atoms with van der Waals surface area (Å²) in [6.45, 7) is 0.642. The molecule has 0 atom stereocenters. The molecule has 1 aromatic rings. The van der Waals surface area contributed by atoms with Gasteiger partial charge in [-0.2, -0.15) is 9.89 Å². The molecular formula is C4H6N6. The van der Waals surface area contributed by atoms with Crippen LogP contribution in [0.1, 0.15) is 0 Å². The normalized spacial score (nSPS) is 15.8. The number of hydrogen-bond donors (Lipinski definition) is 1. The van der Waals surface area contributed by atoms with Gasteiger partial charge in [-0.3, -0.25) is 5.43 Å². The lowest BCUT2D eigenvalue weighted by molar-refractivity contribution is 0.600. The fraction of sp³-hybridized carbons (Fsp3) is 0.250. The highest BCUT2D eigenvalue weighted by Gasteiger charge is 2.05. The molecule has 52 valence electrons. The summed E-state index contributed by atoms with van der Waals surface area (Å²) in [5.41, 5.74) is 2.77. The maximum atomic E-state index is 3.78. The minimum atomic E-state index is 0.642. The third-order valence-corrected chi connectivity index (χ3v) is 1.19. The first-order chi connectivity index (χ1) is 4.97. The van der Waals surface area contributed by atoms with Crippen molar-refractivity contribution in [1.82, 2.24) is 20.5 Å². The fourth-order valence-corrected chi connectivity index (χ4v) is 0.726. The van der Waals surface area contributed by atoms with E-state index < -0.39 is 0 Å². The van der Waals surface area contributed by atoms with E-state index in [-0.39, 0.29) is 0 Å². The highest BCUT2D eigenvalue weighted by atomic mass is 15.7. The predicted molar refractivity (Wildman–Crippen MR) is 34.7 cm³/mol. The van der Waals surface area contributed by atoms with Gasteiger partial charge in [-0.15, -0.1) is 5.10 Å². The summed E-state index contributed by atoms with van der Waals surface area (Å²) in [5, 5.41) is 13.0. The van der Waals surface area contributed by atoms with Crippen LogP contribution in [0, 0.1) is 0 Å². The largest absolute Gasteiger partial charge is 0.287 e. The lowest BCUT2D eigenvalue weighted by atomic mass is 10.9. The molecule has 2 heterocycles. The predicted octanol–water partition coefficient (Wildman–Crippen LogP) is -1.28. The average Bonchev–Trinajstić information content (AvgIpc) is 2.59. The number of nitrogens with one attached hydrogen (secondary N) is 1. The molecule has 1 N–H and O–H groups in total. The van der Waals surface area contributed by atoms with E-state index in [0.29, 0.717) is 6.67 Å². The third kappa shape index (κ3) is 0.697. The fourth-order valence-electron chi connectivity index (χ4n) is 0.726. The van der Waals surface area contributed by atoms with Crippen LogP contribution in [0.5, 0.6) is 0 Å². The smallest absolute Gasteiger partial charge is 0.134 e. The van der Waals surface area contributed by atoms with Crippen molar-refractivity contribution in [2.24, 2.45) is 5.10 Å². The van der Waals surface area contributed by atoms with Gasteiger partial charge in [0.1, 0.15) is 13.0 Å². The minimum Gasteiger partial charge on any atom is -0.287 e. The van der Waals surface area contributed by atoms with Crippen molar-refractivity contribution in [3.05, 3.63) is 12.4 Å². The second-order valence-electron chi connectivity index (χ2n) is 1.82.